The molecular formula is C16H16NO3. The van der Waals surface area contributed by atoms with Gasteiger partial charge in [-0.25, -0.2) is 0 Å². The van der Waals surface area contributed by atoms with Gasteiger partial charge in [0.1, 0.15) is 11.5 Å². The lowest BCUT2D eigenvalue weighted by molar-refractivity contribution is -0.114. The number of rotatable bonds is 4. The van der Waals surface area contributed by atoms with E-state index >= 15 is 0 Å². The van der Waals surface area contributed by atoms with Crippen molar-refractivity contribution in [2.45, 2.75) is 6.92 Å². The number of benzene rings is 2. The van der Waals surface area contributed by atoms with Crippen LogP contribution in [0.4, 0.5) is 5.69 Å². The molecule has 20 heavy (non-hydrogen) atoms. The zero-order chi connectivity index (χ0) is 14.5. The van der Waals surface area contributed by atoms with Gasteiger partial charge in [-0.15, -0.1) is 0 Å². The largest absolute Gasteiger partial charge is 0.497 e. The van der Waals surface area contributed by atoms with Gasteiger partial charge in [0.2, 0.25) is 5.91 Å². The summed E-state index contributed by atoms with van der Waals surface area (Å²) in [4.78, 5) is 11.1. The summed E-state index contributed by atoms with van der Waals surface area (Å²) < 4.78 is 10.6. The van der Waals surface area contributed by atoms with Crippen molar-refractivity contribution >= 4 is 11.6 Å². The van der Waals surface area contributed by atoms with Crippen LogP contribution in [0.25, 0.3) is 11.1 Å². The Balaban J connectivity index is 2.46. The highest BCUT2D eigenvalue weighted by Gasteiger charge is 2.09. The van der Waals surface area contributed by atoms with E-state index in [1.54, 1.807) is 26.4 Å². The molecular weight excluding hydrogens is 254 g/mol. The first-order valence-electron chi connectivity index (χ1n) is 6.15. The van der Waals surface area contributed by atoms with Gasteiger partial charge in [-0.05, 0) is 42.0 Å². The van der Waals surface area contributed by atoms with Crippen molar-refractivity contribution in [1.29, 1.82) is 0 Å². The molecule has 1 radical (unpaired) electrons. The highest BCUT2D eigenvalue weighted by molar-refractivity contribution is 5.89. The topological polar surface area (TPSA) is 47.6 Å². The summed E-state index contributed by atoms with van der Waals surface area (Å²) in [6, 6.07) is 14.1. The zero-order valence-electron chi connectivity index (χ0n) is 11.7. The molecule has 1 N–H and O–H groups in total. The predicted octanol–water partition coefficient (Wildman–Crippen LogP) is 3.13. The predicted molar refractivity (Wildman–Crippen MR) is 78.1 cm³/mol. The molecule has 0 heterocycles. The van der Waals surface area contributed by atoms with Crippen LogP contribution in [-0.2, 0) is 4.79 Å². The molecule has 4 nitrogen and oxygen atoms in total. The maximum atomic E-state index is 11.1. The van der Waals surface area contributed by atoms with Crippen molar-refractivity contribution in [1.82, 2.24) is 0 Å². The summed E-state index contributed by atoms with van der Waals surface area (Å²) >= 11 is 0. The molecule has 0 aromatic heterocycles. The summed E-state index contributed by atoms with van der Waals surface area (Å²) in [5, 5.41) is 2.75. The number of hydrogen-bond acceptors (Lipinski definition) is 3. The van der Waals surface area contributed by atoms with Crippen molar-refractivity contribution in [2.75, 3.05) is 19.5 Å². The smallest absolute Gasteiger partial charge is 0.221 e. The fourth-order valence-corrected chi connectivity index (χ4v) is 1.93. The molecule has 0 aliphatic rings. The molecule has 1 amide bonds. The molecule has 4 heteroatoms. The average Bonchev–Trinajstić information content (AvgIpc) is 2.46. The first-order valence-corrected chi connectivity index (χ1v) is 6.15. The monoisotopic (exact) mass is 270 g/mol. The van der Waals surface area contributed by atoms with Gasteiger partial charge in [0.15, 0.2) is 0 Å². The minimum Gasteiger partial charge on any atom is -0.497 e. The molecule has 0 fully saturated rings. The standard InChI is InChI=1S/C16H16NO3/c1-11(18)17-13-6-4-5-12(9-13)15-10-14(19-2)7-8-16(15)20-3/h4,6-10H,1-3H3,(H,17,18). The Labute approximate surface area is 118 Å². The first-order chi connectivity index (χ1) is 9.63. The van der Waals surface area contributed by atoms with Crippen LogP contribution in [0.5, 0.6) is 11.5 Å². The van der Waals surface area contributed by atoms with Crippen LogP contribution >= 0.6 is 0 Å². The third kappa shape index (κ3) is 3.09. The fourth-order valence-electron chi connectivity index (χ4n) is 1.93. The van der Waals surface area contributed by atoms with E-state index in [-0.39, 0.29) is 5.91 Å². The summed E-state index contributed by atoms with van der Waals surface area (Å²) in [5.41, 5.74) is 2.40. The van der Waals surface area contributed by atoms with E-state index in [4.69, 9.17) is 9.47 Å². The van der Waals surface area contributed by atoms with Crippen molar-refractivity contribution < 1.29 is 14.3 Å². The summed E-state index contributed by atoms with van der Waals surface area (Å²) in [6.45, 7) is 1.47. The van der Waals surface area contributed by atoms with Crippen LogP contribution in [0.15, 0.2) is 36.4 Å². The van der Waals surface area contributed by atoms with Gasteiger partial charge in [0.25, 0.3) is 0 Å². The van der Waals surface area contributed by atoms with Crippen LogP contribution < -0.4 is 14.8 Å². The van der Waals surface area contributed by atoms with Gasteiger partial charge in [-0.1, -0.05) is 6.07 Å². The molecule has 103 valence electrons. The van der Waals surface area contributed by atoms with E-state index in [1.807, 2.05) is 24.3 Å². The molecule has 2 aromatic carbocycles. The summed E-state index contributed by atoms with van der Waals surface area (Å²) in [7, 11) is 3.23. The van der Waals surface area contributed by atoms with Gasteiger partial charge >= 0.3 is 0 Å². The second kappa shape index (κ2) is 6.10. The van der Waals surface area contributed by atoms with E-state index < -0.39 is 0 Å². The molecule has 0 aliphatic carbocycles. The van der Waals surface area contributed by atoms with Crippen LogP contribution in [0.1, 0.15) is 6.92 Å². The molecule has 0 saturated carbocycles. The Bertz CT molecular complexity index is 623. The molecule has 2 aromatic rings. The van der Waals surface area contributed by atoms with E-state index in [0.29, 0.717) is 0 Å². The lowest BCUT2D eigenvalue weighted by atomic mass is 10.0. The number of methoxy groups -OCH3 is 2. The van der Waals surface area contributed by atoms with Crippen LogP contribution in [-0.4, -0.2) is 20.1 Å². The van der Waals surface area contributed by atoms with E-state index in [0.717, 1.165) is 28.3 Å². The number of amides is 1. The number of nitrogens with one attached hydrogen (secondary N) is 1. The van der Waals surface area contributed by atoms with Crippen molar-refractivity contribution in [3.63, 3.8) is 0 Å². The molecule has 0 saturated heterocycles. The molecule has 0 bridgehead atoms. The SMILES string of the molecule is COc1ccc(OC)c(-c2[c]ccc(NC(C)=O)c2)c1. The zero-order valence-corrected chi connectivity index (χ0v) is 11.7. The lowest BCUT2D eigenvalue weighted by Crippen LogP contribution is -2.05. The fraction of sp³-hybridized carbons (Fsp3) is 0.188. The van der Waals surface area contributed by atoms with Gasteiger partial charge in [0.05, 0.1) is 14.2 Å². The summed E-state index contributed by atoms with van der Waals surface area (Å²) in [6.07, 6.45) is 0. The minimum absolute atomic E-state index is 0.111. The number of carbonyl (C=O) groups is 1. The third-order valence-electron chi connectivity index (χ3n) is 2.82. The van der Waals surface area contributed by atoms with Gasteiger partial charge < -0.3 is 14.8 Å². The molecule has 0 unspecified atom stereocenters. The quantitative estimate of drug-likeness (QED) is 0.928. The van der Waals surface area contributed by atoms with Gasteiger partial charge in [-0.2, -0.15) is 0 Å². The Kier molecular flexibility index (Phi) is 4.25. The second-order valence-corrected chi connectivity index (χ2v) is 4.24. The highest BCUT2D eigenvalue weighted by Crippen LogP contribution is 2.34. The normalized spacial score (nSPS) is 9.95. The number of ether oxygens (including phenoxy) is 2. The third-order valence-corrected chi connectivity index (χ3v) is 2.82. The van der Waals surface area contributed by atoms with E-state index in [2.05, 4.69) is 11.4 Å². The first kappa shape index (κ1) is 13.9. The number of hydrogen-bond donors (Lipinski definition) is 1. The minimum atomic E-state index is -0.111. The van der Waals surface area contributed by atoms with E-state index in [9.17, 15) is 4.79 Å². The highest BCUT2D eigenvalue weighted by atomic mass is 16.5. The number of anilines is 1. The van der Waals surface area contributed by atoms with Gasteiger partial charge in [0, 0.05) is 18.2 Å². The maximum Gasteiger partial charge on any atom is 0.221 e. The Morgan fingerprint density at radius 3 is 2.60 bits per heavy atom. The average molecular weight is 270 g/mol. The van der Waals surface area contributed by atoms with Gasteiger partial charge in [-0.3, -0.25) is 4.79 Å². The van der Waals surface area contributed by atoms with Crippen molar-refractivity contribution in [2.24, 2.45) is 0 Å². The van der Waals surface area contributed by atoms with Crippen molar-refractivity contribution in [3.05, 3.63) is 42.5 Å². The van der Waals surface area contributed by atoms with Crippen LogP contribution in [0.3, 0.4) is 0 Å². The van der Waals surface area contributed by atoms with Crippen LogP contribution in [0.2, 0.25) is 0 Å². The Hall–Kier alpha value is -2.49. The van der Waals surface area contributed by atoms with Crippen LogP contribution in [0, 0.1) is 6.07 Å². The molecule has 0 aliphatic heterocycles. The lowest BCUT2D eigenvalue weighted by Gasteiger charge is -2.11. The number of carbonyl (C=O) groups excluding carboxylic acids is 1. The Morgan fingerprint density at radius 2 is 1.95 bits per heavy atom. The molecule has 2 rings (SSSR count). The molecule has 0 spiro atoms. The van der Waals surface area contributed by atoms with E-state index in [1.165, 1.54) is 6.92 Å². The molecule has 0 atom stereocenters. The maximum absolute atomic E-state index is 11.1. The second-order valence-electron chi connectivity index (χ2n) is 4.24. The van der Waals surface area contributed by atoms with Crippen molar-refractivity contribution in [3.8, 4) is 22.6 Å². The summed E-state index contributed by atoms with van der Waals surface area (Å²) in [5.74, 6) is 1.35. The Morgan fingerprint density at radius 1 is 1.15 bits per heavy atom.